The van der Waals surface area contributed by atoms with Gasteiger partial charge in [-0.1, -0.05) is 90.9 Å². The van der Waals surface area contributed by atoms with E-state index in [2.05, 4.69) is 29.6 Å². The van der Waals surface area contributed by atoms with E-state index in [1.54, 1.807) is 0 Å². The molecule has 0 aliphatic rings. The van der Waals surface area contributed by atoms with Gasteiger partial charge in [0.1, 0.15) is 0 Å². The van der Waals surface area contributed by atoms with Crippen molar-refractivity contribution in [1.82, 2.24) is 9.55 Å². The molecule has 0 bridgehead atoms. The molecule has 1 rings (SSSR count). The van der Waals surface area contributed by atoms with E-state index in [4.69, 9.17) is 4.74 Å². The van der Waals surface area contributed by atoms with E-state index in [9.17, 15) is 0 Å². The van der Waals surface area contributed by atoms with Gasteiger partial charge in [-0.15, -0.1) is 0 Å². The number of rotatable bonds is 21. The van der Waals surface area contributed by atoms with Crippen LogP contribution in [0.1, 0.15) is 117 Å². The lowest BCUT2D eigenvalue weighted by Crippen LogP contribution is -2.00. The first-order valence-corrected chi connectivity index (χ1v) is 12.4. The molecule has 0 aliphatic carbocycles. The lowest BCUT2D eigenvalue weighted by atomic mass is 10.0. The molecule has 1 heterocycles. The number of aryl methyl sites for hydroxylation is 1. The summed E-state index contributed by atoms with van der Waals surface area (Å²) in [5.74, 6) is 0.863. The van der Waals surface area contributed by atoms with Crippen LogP contribution in [0.25, 0.3) is 0 Å². The first-order valence-electron chi connectivity index (χ1n) is 12.4. The Kier molecular flexibility index (Phi) is 17.5. The van der Waals surface area contributed by atoms with Crippen LogP contribution in [0.5, 0.6) is 0 Å². The van der Waals surface area contributed by atoms with Gasteiger partial charge in [-0.25, -0.2) is 4.98 Å². The van der Waals surface area contributed by atoms with Crippen LogP contribution in [-0.4, -0.2) is 22.8 Å². The van der Waals surface area contributed by atoms with Crippen LogP contribution in [0.4, 0.5) is 0 Å². The second-order valence-corrected chi connectivity index (χ2v) is 8.66. The van der Waals surface area contributed by atoms with E-state index in [0.717, 1.165) is 25.7 Å². The van der Waals surface area contributed by atoms with Crippen LogP contribution in [0.3, 0.4) is 0 Å². The minimum absolute atomic E-state index is 0.863. The minimum Gasteiger partial charge on any atom is -0.381 e. The van der Waals surface area contributed by atoms with Crippen LogP contribution in [0, 0.1) is 5.92 Å². The Labute approximate surface area is 175 Å². The largest absolute Gasteiger partial charge is 0.381 e. The Morgan fingerprint density at radius 1 is 0.750 bits per heavy atom. The topological polar surface area (TPSA) is 27.1 Å². The highest BCUT2D eigenvalue weighted by atomic mass is 16.5. The molecule has 1 aromatic heterocycles. The Balaban J connectivity index is 1.66. The molecule has 3 heteroatoms. The summed E-state index contributed by atoms with van der Waals surface area (Å²) in [5.41, 5.74) is 0. The van der Waals surface area contributed by atoms with Crippen molar-refractivity contribution < 1.29 is 4.74 Å². The highest BCUT2D eigenvalue weighted by Gasteiger charge is 1.98. The summed E-state index contributed by atoms with van der Waals surface area (Å²) < 4.78 is 7.93. The molecule has 1 atom stereocenters. The van der Waals surface area contributed by atoms with Crippen molar-refractivity contribution in [3.8, 4) is 0 Å². The second kappa shape index (κ2) is 19.5. The molecule has 0 N–H and O–H groups in total. The summed E-state index contributed by atoms with van der Waals surface area (Å²) >= 11 is 0. The van der Waals surface area contributed by atoms with Crippen molar-refractivity contribution in [1.29, 1.82) is 0 Å². The Hall–Kier alpha value is -0.830. The number of hydrogen-bond donors (Lipinski definition) is 0. The SMILES string of the molecule is CCC(C)CCCOCCCCCCCCCCCCCCCn1ccnc1. The molecule has 0 amide bonds. The molecule has 28 heavy (non-hydrogen) atoms. The summed E-state index contributed by atoms with van der Waals surface area (Å²) in [7, 11) is 0. The molecule has 0 fully saturated rings. The molecule has 0 saturated heterocycles. The predicted molar refractivity (Wildman–Crippen MR) is 122 cm³/mol. The van der Waals surface area contributed by atoms with E-state index < -0.39 is 0 Å². The average molecular weight is 393 g/mol. The third-order valence-corrected chi connectivity index (χ3v) is 5.95. The number of unbranched alkanes of at least 4 members (excludes halogenated alkanes) is 12. The number of ether oxygens (including phenoxy) is 1. The zero-order valence-electron chi connectivity index (χ0n) is 19.0. The van der Waals surface area contributed by atoms with Crippen molar-refractivity contribution >= 4 is 0 Å². The van der Waals surface area contributed by atoms with E-state index in [1.807, 2.05) is 12.5 Å². The maximum Gasteiger partial charge on any atom is 0.0945 e. The predicted octanol–water partition coefficient (Wildman–Crippen LogP) is 7.80. The van der Waals surface area contributed by atoms with Gasteiger partial charge < -0.3 is 9.30 Å². The van der Waals surface area contributed by atoms with E-state index >= 15 is 0 Å². The van der Waals surface area contributed by atoms with Gasteiger partial charge >= 0.3 is 0 Å². The standard InChI is InChI=1S/C25H48N2O/c1-3-25(2)18-17-23-28-22-16-14-12-10-8-6-4-5-7-9-11-13-15-20-27-21-19-26-24-27/h19,21,24-25H,3-18,20,22-23H2,1-2H3. The van der Waals surface area contributed by atoms with Gasteiger partial charge in [0.05, 0.1) is 6.33 Å². The van der Waals surface area contributed by atoms with Crippen LogP contribution in [-0.2, 0) is 11.3 Å². The fraction of sp³-hybridized carbons (Fsp3) is 0.880. The summed E-state index contributed by atoms with van der Waals surface area (Å²) in [5, 5.41) is 0. The fourth-order valence-electron chi connectivity index (χ4n) is 3.70. The van der Waals surface area contributed by atoms with Gasteiger partial charge in [0.25, 0.3) is 0 Å². The van der Waals surface area contributed by atoms with Crippen molar-refractivity contribution in [2.75, 3.05) is 13.2 Å². The Bertz CT molecular complexity index is 405. The third-order valence-electron chi connectivity index (χ3n) is 5.95. The van der Waals surface area contributed by atoms with Crippen LogP contribution in [0.2, 0.25) is 0 Å². The molecule has 1 unspecified atom stereocenters. The van der Waals surface area contributed by atoms with Crippen LogP contribution >= 0.6 is 0 Å². The summed E-state index contributed by atoms with van der Waals surface area (Å²) in [4.78, 5) is 4.08. The van der Waals surface area contributed by atoms with E-state index in [-0.39, 0.29) is 0 Å². The molecule has 164 valence electrons. The number of imidazole rings is 1. The zero-order valence-corrected chi connectivity index (χ0v) is 19.0. The summed E-state index contributed by atoms with van der Waals surface area (Å²) in [6.45, 7) is 7.69. The first-order chi connectivity index (χ1) is 13.8. The third kappa shape index (κ3) is 16.2. The van der Waals surface area contributed by atoms with Crippen molar-refractivity contribution in [2.24, 2.45) is 5.92 Å². The van der Waals surface area contributed by atoms with Gasteiger partial charge in [-0.3, -0.25) is 0 Å². The van der Waals surface area contributed by atoms with Gasteiger partial charge in [-0.05, 0) is 31.6 Å². The Morgan fingerprint density at radius 3 is 1.82 bits per heavy atom. The molecular formula is C25H48N2O. The molecular weight excluding hydrogens is 344 g/mol. The van der Waals surface area contributed by atoms with Crippen molar-refractivity contribution in [2.45, 2.75) is 123 Å². The van der Waals surface area contributed by atoms with E-state index in [1.165, 1.54) is 103 Å². The highest BCUT2D eigenvalue weighted by Crippen LogP contribution is 2.13. The minimum atomic E-state index is 0.863. The van der Waals surface area contributed by atoms with Crippen LogP contribution in [0.15, 0.2) is 18.7 Å². The maximum atomic E-state index is 5.75. The van der Waals surface area contributed by atoms with Crippen molar-refractivity contribution in [3.63, 3.8) is 0 Å². The van der Waals surface area contributed by atoms with E-state index in [0.29, 0.717) is 0 Å². The number of nitrogens with zero attached hydrogens (tertiary/aromatic N) is 2. The quantitative estimate of drug-likeness (QED) is 0.200. The molecule has 0 radical (unpaired) electrons. The summed E-state index contributed by atoms with van der Waals surface area (Å²) in [6.07, 6.45) is 27.8. The second-order valence-electron chi connectivity index (χ2n) is 8.66. The molecule has 0 aromatic carbocycles. The van der Waals surface area contributed by atoms with Gasteiger partial charge in [-0.2, -0.15) is 0 Å². The first kappa shape index (κ1) is 25.2. The number of hydrogen-bond acceptors (Lipinski definition) is 2. The average Bonchev–Trinajstić information content (AvgIpc) is 3.23. The monoisotopic (exact) mass is 392 g/mol. The van der Waals surface area contributed by atoms with Crippen LogP contribution < -0.4 is 0 Å². The normalized spacial score (nSPS) is 12.5. The lowest BCUT2D eigenvalue weighted by Gasteiger charge is -2.08. The maximum absolute atomic E-state index is 5.75. The van der Waals surface area contributed by atoms with Crippen molar-refractivity contribution in [3.05, 3.63) is 18.7 Å². The smallest absolute Gasteiger partial charge is 0.0945 e. The van der Waals surface area contributed by atoms with Gasteiger partial charge in [0, 0.05) is 32.2 Å². The molecule has 0 spiro atoms. The lowest BCUT2D eigenvalue weighted by molar-refractivity contribution is 0.123. The molecule has 1 aromatic rings. The zero-order chi connectivity index (χ0) is 20.1. The number of aromatic nitrogens is 2. The Morgan fingerprint density at radius 2 is 1.29 bits per heavy atom. The van der Waals surface area contributed by atoms with Gasteiger partial charge in [0.15, 0.2) is 0 Å². The molecule has 0 aliphatic heterocycles. The summed E-state index contributed by atoms with van der Waals surface area (Å²) in [6, 6.07) is 0. The molecule has 0 saturated carbocycles. The highest BCUT2D eigenvalue weighted by molar-refractivity contribution is 4.73. The fourth-order valence-corrected chi connectivity index (χ4v) is 3.70. The van der Waals surface area contributed by atoms with Gasteiger partial charge in [0.2, 0.25) is 0 Å². The molecule has 3 nitrogen and oxygen atoms in total.